The zero-order valence-electron chi connectivity index (χ0n) is 12.4. The Hall–Kier alpha value is -1.88. The average Bonchev–Trinajstić information content (AvgIpc) is 3.17. The van der Waals surface area contributed by atoms with E-state index in [-0.39, 0.29) is 5.92 Å². The summed E-state index contributed by atoms with van der Waals surface area (Å²) in [6.07, 6.45) is 1.10. The van der Waals surface area contributed by atoms with Crippen molar-refractivity contribution < 1.29 is 13.9 Å². The van der Waals surface area contributed by atoms with E-state index in [1.54, 1.807) is 0 Å². The second-order valence-electron chi connectivity index (χ2n) is 5.61. The van der Waals surface area contributed by atoms with Crippen LogP contribution in [0.25, 0.3) is 0 Å². The molecule has 112 valence electrons. The molecule has 1 fully saturated rings. The molecule has 0 aliphatic carbocycles. The first-order valence-electron chi connectivity index (χ1n) is 7.35. The van der Waals surface area contributed by atoms with Crippen molar-refractivity contribution in [3.63, 3.8) is 0 Å². The van der Waals surface area contributed by atoms with Crippen molar-refractivity contribution in [1.82, 2.24) is 10.2 Å². The van der Waals surface area contributed by atoms with E-state index in [0.29, 0.717) is 24.3 Å². The Bertz CT molecular complexity index is 571. The number of aromatic nitrogens is 2. The number of rotatable bonds is 5. The molecule has 0 spiro atoms. The lowest BCUT2D eigenvalue weighted by molar-refractivity contribution is 0.194. The fourth-order valence-electron chi connectivity index (χ4n) is 2.34. The molecule has 1 aliphatic rings. The normalized spacial score (nSPS) is 18.3. The maximum atomic E-state index is 5.68. The molecule has 5 heteroatoms. The van der Waals surface area contributed by atoms with E-state index < -0.39 is 0 Å². The Morgan fingerprint density at radius 1 is 1.24 bits per heavy atom. The lowest BCUT2D eigenvalue weighted by Gasteiger charge is -2.09. The molecule has 0 amide bonds. The molecular weight excluding hydrogens is 268 g/mol. The summed E-state index contributed by atoms with van der Waals surface area (Å²) < 4.78 is 16.6. The molecule has 5 nitrogen and oxygen atoms in total. The third kappa shape index (κ3) is 3.42. The van der Waals surface area contributed by atoms with Crippen LogP contribution < -0.4 is 4.74 Å². The van der Waals surface area contributed by atoms with Crippen LogP contribution in [0.2, 0.25) is 0 Å². The summed E-state index contributed by atoms with van der Waals surface area (Å²) in [7, 11) is 0. The SMILES string of the molecule is CC(C)c1nnc(COc2ccc(C3CCOC3)cc2)o1. The van der Waals surface area contributed by atoms with E-state index in [1.807, 2.05) is 26.0 Å². The highest BCUT2D eigenvalue weighted by Gasteiger charge is 2.17. The van der Waals surface area contributed by atoms with Gasteiger partial charge in [0.05, 0.1) is 6.61 Å². The molecule has 2 aromatic rings. The molecular formula is C16H20N2O3. The van der Waals surface area contributed by atoms with Gasteiger partial charge in [-0.1, -0.05) is 26.0 Å². The van der Waals surface area contributed by atoms with Crippen molar-refractivity contribution in [3.8, 4) is 5.75 Å². The van der Waals surface area contributed by atoms with Gasteiger partial charge in [-0.15, -0.1) is 10.2 Å². The summed E-state index contributed by atoms with van der Waals surface area (Å²) in [6.45, 7) is 6.01. The van der Waals surface area contributed by atoms with Gasteiger partial charge in [0, 0.05) is 18.4 Å². The van der Waals surface area contributed by atoms with Crippen LogP contribution in [-0.4, -0.2) is 23.4 Å². The number of ether oxygens (including phenoxy) is 2. The Balaban J connectivity index is 1.57. The lowest BCUT2D eigenvalue weighted by Crippen LogP contribution is -1.99. The number of hydrogen-bond acceptors (Lipinski definition) is 5. The predicted molar refractivity (Wildman–Crippen MR) is 77.3 cm³/mol. The smallest absolute Gasteiger partial charge is 0.253 e. The summed E-state index contributed by atoms with van der Waals surface area (Å²) >= 11 is 0. The molecule has 1 unspecified atom stereocenters. The van der Waals surface area contributed by atoms with Gasteiger partial charge in [0.25, 0.3) is 5.89 Å². The zero-order chi connectivity index (χ0) is 14.7. The highest BCUT2D eigenvalue weighted by Crippen LogP contribution is 2.26. The number of benzene rings is 1. The van der Waals surface area contributed by atoms with Gasteiger partial charge in [-0.05, 0) is 24.1 Å². The van der Waals surface area contributed by atoms with Crippen LogP contribution in [0.3, 0.4) is 0 Å². The van der Waals surface area contributed by atoms with Gasteiger partial charge < -0.3 is 13.9 Å². The first kappa shape index (κ1) is 14.1. The zero-order valence-corrected chi connectivity index (χ0v) is 12.4. The number of hydrogen-bond donors (Lipinski definition) is 0. The van der Waals surface area contributed by atoms with Crippen molar-refractivity contribution in [2.75, 3.05) is 13.2 Å². The Kier molecular flexibility index (Phi) is 4.20. The van der Waals surface area contributed by atoms with Crippen molar-refractivity contribution in [2.24, 2.45) is 0 Å². The first-order valence-corrected chi connectivity index (χ1v) is 7.35. The summed E-state index contributed by atoms with van der Waals surface area (Å²) in [6, 6.07) is 8.16. The van der Waals surface area contributed by atoms with Gasteiger partial charge in [0.2, 0.25) is 5.89 Å². The minimum atomic E-state index is 0.235. The maximum Gasteiger partial charge on any atom is 0.253 e. The minimum Gasteiger partial charge on any atom is -0.484 e. The monoisotopic (exact) mass is 288 g/mol. The van der Waals surface area contributed by atoms with Gasteiger partial charge in [-0.2, -0.15) is 0 Å². The van der Waals surface area contributed by atoms with E-state index >= 15 is 0 Å². The van der Waals surface area contributed by atoms with Gasteiger partial charge in [0.1, 0.15) is 5.75 Å². The van der Waals surface area contributed by atoms with Crippen LogP contribution in [0.5, 0.6) is 5.75 Å². The fourth-order valence-corrected chi connectivity index (χ4v) is 2.34. The van der Waals surface area contributed by atoms with Crippen molar-refractivity contribution in [1.29, 1.82) is 0 Å². The molecule has 1 atom stereocenters. The third-order valence-corrected chi connectivity index (χ3v) is 3.62. The van der Waals surface area contributed by atoms with E-state index in [2.05, 4.69) is 22.3 Å². The highest BCUT2D eigenvalue weighted by molar-refractivity contribution is 5.29. The van der Waals surface area contributed by atoms with Crippen molar-refractivity contribution in [3.05, 3.63) is 41.6 Å². The second kappa shape index (κ2) is 6.26. The Morgan fingerprint density at radius 2 is 2.05 bits per heavy atom. The summed E-state index contributed by atoms with van der Waals surface area (Å²) in [5.74, 6) is 2.71. The van der Waals surface area contributed by atoms with E-state index in [9.17, 15) is 0 Å². The molecule has 1 saturated heterocycles. The molecule has 21 heavy (non-hydrogen) atoms. The fraction of sp³-hybridized carbons (Fsp3) is 0.500. The largest absolute Gasteiger partial charge is 0.484 e. The van der Waals surface area contributed by atoms with Crippen molar-refractivity contribution >= 4 is 0 Å². The summed E-state index contributed by atoms with van der Waals surface area (Å²) in [4.78, 5) is 0. The molecule has 0 bridgehead atoms. The van der Waals surface area contributed by atoms with Crippen LogP contribution in [0.4, 0.5) is 0 Å². The molecule has 0 saturated carbocycles. The van der Waals surface area contributed by atoms with Crippen LogP contribution in [0, 0.1) is 0 Å². The molecule has 0 radical (unpaired) electrons. The second-order valence-corrected chi connectivity index (χ2v) is 5.61. The van der Waals surface area contributed by atoms with Gasteiger partial charge in [-0.3, -0.25) is 0 Å². The molecule has 2 heterocycles. The van der Waals surface area contributed by atoms with E-state index in [4.69, 9.17) is 13.9 Å². The predicted octanol–water partition coefficient (Wildman–Crippen LogP) is 3.28. The first-order chi connectivity index (χ1) is 10.2. The van der Waals surface area contributed by atoms with Crippen molar-refractivity contribution in [2.45, 2.75) is 38.7 Å². The Labute approximate surface area is 124 Å². The average molecular weight is 288 g/mol. The van der Waals surface area contributed by atoms with Crippen LogP contribution >= 0.6 is 0 Å². The van der Waals surface area contributed by atoms with Crippen LogP contribution in [0.15, 0.2) is 28.7 Å². The minimum absolute atomic E-state index is 0.235. The topological polar surface area (TPSA) is 57.4 Å². The van der Waals surface area contributed by atoms with Crippen LogP contribution in [0.1, 0.15) is 49.4 Å². The van der Waals surface area contributed by atoms with Gasteiger partial charge >= 0.3 is 0 Å². The maximum absolute atomic E-state index is 5.68. The van der Waals surface area contributed by atoms with E-state index in [1.165, 1.54) is 5.56 Å². The molecule has 1 aliphatic heterocycles. The van der Waals surface area contributed by atoms with Gasteiger partial charge in [0.15, 0.2) is 6.61 Å². The standard InChI is InChI=1S/C16H20N2O3/c1-11(2)16-18-17-15(21-16)10-20-14-5-3-12(4-6-14)13-7-8-19-9-13/h3-6,11,13H,7-10H2,1-2H3. The van der Waals surface area contributed by atoms with E-state index in [0.717, 1.165) is 25.4 Å². The van der Waals surface area contributed by atoms with Gasteiger partial charge in [-0.25, -0.2) is 0 Å². The van der Waals surface area contributed by atoms with Crippen LogP contribution in [-0.2, 0) is 11.3 Å². The quantitative estimate of drug-likeness (QED) is 0.845. The highest BCUT2D eigenvalue weighted by atomic mass is 16.5. The molecule has 1 aromatic heterocycles. The number of nitrogens with zero attached hydrogens (tertiary/aromatic N) is 2. The summed E-state index contributed by atoms with van der Waals surface area (Å²) in [5.41, 5.74) is 1.31. The molecule has 3 rings (SSSR count). The molecule has 1 aromatic carbocycles. The summed E-state index contributed by atoms with van der Waals surface area (Å²) in [5, 5.41) is 7.96. The molecule has 0 N–H and O–H groups in total. The third-order valence-electron chi connectivity index (χ3n) is 3.62. The Morgan fingerprint density at radius 3 is 2.67 bits per heavy atom. The lowest BCUT2D eigenvalue weighted by atomic mass is 9.99.